The van der Waals surface area contributed by atoms with Gasteiger partial charge in [0.25, 0.3) is 0 Å². The summed E-state index contributed by atoms with van der Waals surface area (Å²) in [4.78, 5) is 11.9. The fourth-order valence-corrected chi connectivity index (χ4v) is 4.92. The molecule has 0 aliphatic rings. The summed E-state index contributed by atoms with van der Waals surface area (Å²) >= 11 is 0. The Balaban J connectivity index is 2.41. The molecule has 1 aromatic carbocycles. The first kappa shape index (κ1) is 20.6. The van der Waals surface area contributed by atoms with Gasteiger partial charge in [-0.3, -0.25) is 0 Å². The molecule has 0 saturated carbocycles. The average molecular weight is 356 g/mol. The van der Waals surface area contributed by atoms with Crippen molar-refractivity contribution < 1.29 is 22.8 Å². The van der Waals surface area contributed by atoms with Crippen LogP contribution in [0.1, 0.15) is 32.8 Å². The van der Waals surface area contributed by atoms with Crippen LogP contribution in [0.2, 0.25) is 6.04 Å². The summed E-state index contributed by atoms with van der Waals surface area (Å²) in [5.41, 5.74) is 0.920. The summed E-state index contributed by atoms with van der Waals surface area (Å²) in [6, 6.07) is 8.06. The molecule has 0 saturated heterocycles. The van der Waals surface area contributed by atoms with Gasteiger partial charge in [-0.25, -0.2) is 4.79 Å². The fraction of sp³-hybridized carbons (Fsp3) is 0.588. The predicted molar refractivity (Wildman–Crippen MR) is 95.3 cm³/mol. The molecule has 24 heavy (non-hydrogen) atoms. The van der Waals surface area contributed by atoms with E-state index in [1.165, 1.54) is 0 Å². The van der Waals surface area contributed by atoms with Crippen molar-refractivity contribution >= 4 is 14.9 Å². The first-order chi connectivity index (χ1) is 11.6. The first-order valence-corrected chi connectivity index (χ1v) is 10.4. The summed E-state index contributed by atoms with van der Waals surface area (Å²) in [6.07, 6.45) is 0.246. The highest BCUT2D eigenvalue weighted by Gasteiger charge is 2.39. The molecule has 0 fully saturated rings. The van der Waals surface area contributed by atoms with Crippen LogP contribution in [0.3, 0.4) is 0 Å². The molecule has 1 aromatic rings. The van der Waals surface area contributed by atoms with Crippen LogP contribution in [0.4, 0.5) is 4.79 Å². The molecule has 0 aliphatic heterocycles. The number of rotatable bonds is 11. The lowest BCUT2D eigenvalue weighted by Gasteiger charge is -2.28. The Morgan fingerprint density at radius 1 is 1.04 bits per heavy atom. The van der Waals surface area contributed by atoms with Crippen LogP contribution in [0.15, 0.2) is 24.3 Å². The maximum Gasteiger partial charge on any atom is 0.500 e. The average Bonchev–Trinajstić information content (AvgIpc) is 2.55. The standard InChI is InChI=1S/C17H29NO5Si/c1-5-20-24(21-6-2,22-7-3)14-10-13-18-17(19)23-16-12-9-8-11-15(16)4/h8-9,11-12H,5-7,10,13-14H2,1-4H3,(H,18,19). The first-order valence-electron chi connectivity index (χ1n) is 8.50. The number of aryl methyl sites for hydroxylation is 1. The molecule has 1 amide bonds. The molecule has 0 heterocycles. The summed E-state index contributed by atoms with van der Waals surface area (Å²) in [7, 11) is -2.64. The fourth-order valence-electron chi connectivity index (χ4n) is 2.30. The van der Waals surface area contributed by atoms with Crippen molar-refractivity contribution in [1.82, 2.24) is 5.32 Å². The quantitative estimate of drug-likeness (QED) is 0.486. The van der Waals surface area contributed by atoms with Crippen LogP contribution in [0.25, 0.3) is 0 Å². The van der Waals surface area contributed by atoms with Crippen LogP contribution in [-0.2, 0) is 13.3 Å². The van der Waals surface area contributed by atoms with Gasteiger partial charge in [0.05, 0.1) is 0 Å². The topological polar surface area (TPSA) is 66.0 Å². The van der Waals surface area contributed by atoms with Crippen LogP contribution >= 0.6 is 0 Å². The van der Waals surface area contributed by atoms with Crippen LogP contribution < -0.4 is 10.1 Å². The van der Waals surface area contributed by atoms with Gasteiger partial charge in [0.2, 0.25) is 0 Å². The summed E-state index contributed by atoms with van der Waals surface area (Å²) < 4.78 is 22.6. The Morgan fingerprint density at radius 2 is 1.62 bits per heavy atom. The van der Waals surface area contributed by atoms with Gasteiger partial charge in [-0.2, -0.15) is 0 Å². The predicted octanol–water partition coefficient (Wildman–Crippen LogP) is 3.52. The summed E-state index contributed by atoms with van der Waals surface area (Å²) in [6.45, 7) is 9.81. The number of nitrogens with one attached hydrogen (secondary N) is 1. The van der Waals surface area contributed by atoms with Crippen LogP contribution in [0.5, 0.6) is 5.75 Å². The van der Waals surface area contributed by atoms with E-state index in [9.17, 15) is 4.79 Å². The van der Waals surface area contributed by atoms with E-state index in [4.69, 9.17) is 18.0 Å². The van der Waals surface area contributed by atoms with E-state index in [0.29, 0.717) is 44.6 Å². The SMILES string of the molecule is CCO[Si](CCCNC(=O)Oc1ccccc1C)(OCC)OCC. The van der Waals surface area contributed by atoms with Crippen molar-refractivity contribution in [3.05, 3.63) is 29.8 Å². The lowest BCUT2D eigenvalue weighted by molar-refractivity contribution is 0.0708. The second-order valence-corrected chi connectivity index (χ2v) is 7.90. The van der Waals surface area contributed by atoms with E-state index in [1.807, 2.05) is 45.9 Å². The monoisotopic (exact) mass is 355 g/mol. The largest absolute Gasteiger partial charge is 0.500 e. The van der Waals surface area contributed by atoms with E-state index in [-0.39, 0.29) is 0 Å². The minimum atomic E-state index is -2.64. The third kappa shape index (κ3) is 7.00. The van der Waals surface area contributed by atoms with Crippen molar-refractivity contribution in [2.24, 2.45) is 0 Å². The number of hydrogen-bond donors (Lipinski definition) is 1. The van der Waals surface area contributed by atoms with Crippen molar-refractivity contribution in [3.63, 3.8) is 0 Å². The summed E-state index contributed by atoms with van der Waals surface area (Å²) in [5, 5.41) is 2.75. The molecule has 0 radical (unpaired) electrons. The number of benzene rings is 1. The van der Waals surface area contributed by atoms with Gasteiger partial charge < -0.3 is 23.3 Å². The van der Waals surface area contributed by atoms with Gasteiger partial charge in [0.15, 0.2) is 0 Å². The van der Waals surface area contributed by atoms with E-state index in [0.717, 1.165) is 5.56 Å². The maximum atomic E-state index is 11.9. The van der Waals surface area contributed by atoms with E-state index in [1.54, 1.807) is 6.07 Å². The van der Waals surface area contributed by atoms with Gasteiger partial charge in [-0.1, -0.05) is 18.2 Å². The van der Waals surface area contributed by atoms with Crippen molar-refractivity contribution in [2.45, 2.75) is 40.2 Å². The molecule has 136 valence electrons. The molecule has 0 spiro atoms. The zero-order valence-corrected chi connectivity index (χ0v) is 16.1. The lowest BCUT2D eigenvalue weighted by Crippen LogP contribution is -2.46. The molecule has 0 aliphatic carbocycles. The van der Waals surface area contributed by atoms with Gasteiger partial charge in [0, 0.05) is 32.4 Å². The van der Waals surface area contributed by atoms with E-state index < -0.39 is 14.9 Å². The Kier molecular flexibility index (Phi) is 9.62. The molecule has 0 unspecified atom stereocenters. The van der Waals surface area contributed by atoms with E-state index in [2.05, 4.69) is 5.32 Å². The van der Waals surface area contributed by atoms with Gasteiger partial charge in [-0.15, -0.1) is 0 Å². The highest BCUT2D eigenvalue weighted by atomic mass is 28.4. The molecule has 0 bridgehead atoms. The molecule has 7 heteroatoms. The second kappa shape index (κ2) is 11.2. The molecule has 0 aromatic heterocycles. The van der Waals surface area contributed by atoms with Gasteiger partial charge >= 0.3 is 14.9 Å². The Labute approximate surface area is 145 Å². The van der Waals surface area contributed by atoms with E-state index >= 15 is 0 Å². The summed E-state index contributed by atoms with van der Waals surface area (Å²) in [5.74, 6) is 0.566. The molecule has 6 nitrogen and oxygen atoms in total. The number of carbonyl (C=O) groups is 1. The highest BCUT2D eigenvalue weighted by molar-refractivity contribution is 6.60. The molecular weight excluding hydrogens is 326 g/mol. The van der Waals surface area contributed by atoms with Crippen molar-refractivity contribution in [2.75, 3.05) is 26.4 Å². The number of para-hydroxylation sites is 1. The smallest absolute Gasteiger partial charge is 0.410 e. The normalized spacial score (nSPS) is 11.3. The minimum Gasteiger partial charge on any atom is -0.410 e. The third-order valence-corrected chi connectivity index (χ3v) is 6.47. The lowest BCUT2D eigenvalue weighted by atomic mass is 10.2. The number of ether oxygens (including phenoxy) is 1. The van der Waals surface area contributed by atoms with Crippen molar-refractivity contribution in [3.8, 4) is 5.75 Å². The maximum absolute atomic E-state index is 11.9. The second-order valence-electron chi connectivity index (χ2n) is 5.17. The molecule has 1 rings (SSSR count). The Morgan fingerprint density at radius 3 is 2.17 bits per heavy atom. The molecular formula is C17H29NO5Si. The number of amides is 1. The Hall–Kier alpha value is -1.41. The minimum absolute atomic E-state index is 0.458. The van der Waals surface area contributed by atoms with Crippen molar-refractivity contribution in [1.29, 1.82) is 0 Å². The number of hydrogen-bond acceptors (Lipinski definition) is 5. The molecule has 0 atom stereocenters. The third-order valence-electron chi connectivity index (χ3n) is 3.32. The molecule has 1 N–H and O–H groups in total. The van der Waals surface area contributed by atoms with Gasteiger partial charge in [0.1, 0.15) is 5.75 Å². The zero-order chi connectivity index (χ0) is 17.8. The number of carbonyl (C=O) groups excluding carboxylic acids is 1. The Bertz CT molecular complexity index is 481. The zero-order valence-electron chi connectivity index (χ0n) is 15.1. The highest BCUT2D eigenvalue weighted by Crippen LogP contribution is 2.18. The van der Waals surface area contributed by atoms with Crippen LogP contribution in [0, 0.1) is 6.92 Å². The van der Waals surface area contributed by atoms with Gasteiger partial charge in [-0.05, 0) is 45.7 Å². The van der Waals surface area contributed by atoms with Crippen LogP contribution in [-0.4, -0.2) is 41.3 Å².